The van der Waals surface area contributed by atoms with Crippen molar-refractivity contribution >= 4 is 34.5 Å². The van der Waals surface area contributed by atoms with E-state index in [0.29, 0.717) is 11.6 Å². The number of anilines is 2. The molecule has 5 rings (SSSR count). The average molecular weight is 421 g/mol. The lowest BCUT2D eigenvalue weighted by atomic mass is 10.1. The van der Waals surface area contributed by atoms with Crippen molar-refractivity contribution in [2.24, 2.45) is 4.99 Å². The maximum atomic E-state index is 14.0. The van der Waals surface area contributed by atoms with Crippen LogP contribution in [0.25, 0.3) is 0 Å². The Hall–Kier alpha value is -2.89. The van der Waals surface area contributed by atoms with Crippen LogP contribution in [0.2, 0.25) is 5.02 Å². The summed E-state index contributed by atoms with van der Waals surface area (Å²) in [6.45, 7) is 4.00. The van der Waals surface area contributed by atoms with E-state index in [1.165, 1.54) is 6.07 Å². The topological polar surface area (TPSA) is 30.9 Å². The third-order valence-electron chi connectivity index (χ3n) is 5.65. The van der Waals surface area contributed by atoms with Crippen molar-refractivity contribution in [2.75, 3.05) is 31.5 Å². The van der Waals surface area contributed by atoms with Crippen LogP contribution >= 0.6 is 11.6 Å². The van der Waals surface area contributed by atoms with Gasteiger partial charge < -0.3 is 10.2 Å². The summed E-state index contributed by atoms with van der Waals surface area (Å²) in [4.78, 5) is 9.61. The summed E-state index contributed by atoms with van der Waals surface area (Å²) in [5.74, 6) is 0.811. The van der Waals surface area contributed by atoms with Gasteiger partial charge in [0.05, 0.1) is 11.4 Å². The van der Waals surface area contributed by atoms with E-state index in [1.54, 1.807) is 6.07 Å². The zero-order chi connectivity index (χ0) is 20.5. The van der Waals surface area contributed by atoms with Gasteiger partial charge in [-0.3, -0.25) is 4.90 Å². The van der Waals surface area contributed by atoms with Gasteiger partial charge in [0.2, 0.25) is 0 Å². The molecular weight excluding hydrogens is 399 g/mol. The molecule has 2 aliphatic rings. The highest BCUT2D eigenvalue weighted by molar-refractivity contribution is 6.31. The fraction of sp³-hybridized carbons (Fsp3) is 0.208. The Morgan fingerprint density at radius 2 is 1.67 bits per heavy atom. The smallest absolute Gasteiger partial charge is 0.138 e. The molecule has 0 spiro atoms. The van der Waals surface area contributed by atoms with Crippen LogP contribution in [0.4, 0.5) is 21.5 Å². The van der Waals surface area contributed by atoms with Gasteiger partial charge in [-0.2, -0.15) is 0 Å². The van der Waals surface area contributed by atoms with Gasteiger partial charge in [0.15, 0.2) is 0 Å². The number of piperazine rings is 1. The minimum absolute atomic E-state index is 0.137. The number of hydrogen-bond donors (Lipinski definition) is 1. The van der Waals surface area contributed by atoms with Gasteiger partial charge in [-0.05, 0) is 36.4 Å². The van der Waals surface area contributed by atoms with Gasteiger partial charge in [0.25, 0.3) is 0 Å². The number of hydrogen-bond acceptors (Lipinski definition) is 4. The van der Waals surface area contributed by atoms with Crippen molar-refractivity contribution in [1.29, 1.82) is 0 Å². The third-order valence-corrected chi connectivity index (χ3v) is 5.88. The van der Waals surface area contributed by atoms with Crippen molar-refractivity contribution in [2.45, 2.75) is 6.54 Å². The van der Waals surface area contributed by atoms with Gasteiger partial charge in [0, 0.05) is 54.6 Å². The lowest BCUT2D eigenvalue weighted by molar-refractivity contribution is 0.174. The second kappa shape index (κ2) is 8.09. The van der Waals surface area contributed by atoms with Gasteiger partial charge >= 0.3 is 0 Å². The molecular formula is C24H22ClFN4. The maximum Gasteiger partial charge on any atom is 0.138 e. The summed E-state index contributed by atoms with van der Waals surface area (Å²) in [6, 6.07) is 21.0. The molecule has 3 aromatic carbocycles. The number of nitrogens with zero attached hydrogens (tertiary/aromatic N) is 3. The van der Waals surface area contributed by atoms with E-state index < -0.39 is 0 Å². The van der Waals surface area contributed by atoms with E-state index in [1.807, 2.05) is 42.5 Å². The molecule has 6 heteroatoms. The van der Waals surface area contributed by atoms with Crippen LogP contribution in [-0.4, -0.2) is 41.8 Å². The Labute approximate surface area is 180 Å². The van der Waals surface area contributed by atoms with Crippen molar-refractivity contribution in [3.8, 4) is 0 Å². The molecule has 0 atom stereocenters. The first-order valence-electron chi connectivity index (χ1n) is 10.1. The number of halogens is 2. The Kier molecular flexibility index (Phi) is 5.15. The van der Waals surface area contributed by atoms with E-state index in [9.17, 15) is 4.39 Å². The third kappa shape index (κ3) is 3.78. The molecule has 152 valence electrons. The van der Waals surface area contributed by atoms with Crippen LogP contribution in [0.5, 0.6) is 0 Å². The monoisotopic (exact) mass is 420 g/mol. The normalized spacial score (nSPS) is 16.2. The van der Waals surface area contributed by atoms with E-state index in [2.05, 4.69) is 27.2 Å². The van der Waals surface area contributed by atoms with Crippen LogP contribution in [0.1, 0.15) is 11.1 Å². The molecule has 0 aromatic heterocycles. The van der Waals surface area contributed by atoms with Crippen LogP contribution in [0.15, 0.2) is 71.7 Å². The molecule has 2 aliphatic heterocycles. The maximum absolute atomic E-state index is 14.0. The van der Waals surface area contributed by atoms with E-state index in [-0.39, 0.29) is 5.82 Å². The van der Waals surface area contributed by atoms with Crippen LogP contribution in [0, 0.1) is 5.82 Å². The highest BCUT2D eigenvalue weighted by Crippen LogP contribution is 2.36. The minimum Gasteiger partial charge on any atom is -0.353 e. The number of amidine groups is 1. The highest BCUT2D eigenvalue weighted by atomic mass is 35.5. The van der Waals surface area contributed by atoms with Gasteiger partial charge in [-0.15, -0.1) is 0 Å². The summed E-state index contributed by atoms with van der Waals surface area (Å²) in [5, 5.41) is 4.16. The molecule has 1 saturated heterocycles. The van der Waals surface area contributed by atoms with Crippen molar-refractivity contribution in [3.05, 3.63) is 88.7 Å². The standard InChI is InChI=1S/C24H22ClFN4/c25-18-9-10-22-23(15-18)28-24(19-6-2-4-8-21(19)27-22)30-13-11-29(12-14-30)16-17-5-1-3-7-20(17)26/h1-10,15,27H,11-14,16H2. The number of benzene rings is 3. The van der Waals surface area contributed by atoms with Crippen molar-refractivity contribution in [3.63, 3.8) is 0 Å². The van der Waals surface area contributed by atoms with Gasteiger partial charge in [-0.25, -0.2) is 9.38 Å². The number of nitrogens with one attached hydrogen (secondary N) is 1. The van der Waals surface area contributed by atoms with Crippen molar-refractivity contribution < 1.29 is 4.39 Å². The summed E-state index contributed by atoms with van der Waals surface area (Å²) < 4.78 is 14.0. The fourth-order valence-corrected chi connectivity index (χ4v) is 4.20. The number of rotatable bonds is 2. The fourth-order valence-electron chi connectivity index (χ4n) is 4.04. The molecule has 2 heterocycles. The molecule has 0 unspecified atom stereocenters. The molecule has 30 heavy (non-hydrogen) atoms. The number of fused-ring (bicyclic) bond motifs is 2. The summed E-state index contributed by atoms with van der Waals surface area (Å²) >= 11 is 6.24. The van der Waals surface area contributed by atoms with E-state index in [4.69, 9.17) is 16.6 Å². The minimum atomic E-state index is -0.137. The quantitative estimate of drug-likeness (QED) is 0.599. The summed E-state index contributed by atoms with van der Waals surface area (Å²) in [6.07, 6.45) is 0. The van der Waals surface area contributed by atoms with Crippen LogP contribution in [-0.2, 0) is 6.54 Å². The number of para-hydroxylation sites is 1. The molecule has 0 bridgehead atoms. The molecule has 1 N–H and O–H groups in total. The second-order valence-electron chi connectivity index (χ2n) is 7.62. The van der Waals surface area contributed by atoms with Crippen LogP contribution < -0.4 is 5.32 Å². The van der Waals surface area contributed by atoms with E-state index >= 15 is 0 Å². The largest absolute Gasteiger partial charge is 0.353 e. The SMILES string of the molecule is Fc1ccccc1CN1CCN(C2=Nc3cc(Cl)ccc3Nc3ccccc32)CC1. The zero-order valence-electron chi connectivity index (χ0n) is 16.5. The van der Waals surface area contributed by atoms with Crippen molar-refractivity contribution in [1.82, 2.24) is 9.80 Å². The van der Waals surface area contributed by atoms with Gasteiger partial charge in [-0.1, -0.05) is 41.9 Å². The summed E-state index contributed by atoms with van der Waals surface area (Å²) in [7, 11) is 0. The van der Waals surface area contributed by atoms with Gasteiger partial charge in [0.1, 0.15) is 11.7 Å². The average Bonchev–Trinajstić information content (AvgIpc) is 2.92. The second-order valence-corrected chi connectivity index (χ2v) is 8.06. The zero-order valence-corrected chi connectivity index (χ0v) is 17.2. The summed E-state index contributed by atoms with van der Waals surface area (Å²) in [5.41, 5.74) is 4.64. The first-order valence-corrected chi connectivity index (χ1v) is 10.5. The molecule has 1 fully saturated rings. The lowest BCUT2D eigenvalue weighted by Crippen LogP contribution is -2.48. The lowest BCUT2D eigenvalue weighted by Gasteiger charge is -2.36. The van der Waals surface area contributed by atoms with Crippen LogP contribution in [0.3, 0.4) is 0 Å². The predicted molar refractivity (Wildman–Crippen MR) is 121 cm³/mol. The molecule has 0 radical (unpaired) electrons. The molecule has 0 aliphatic carbocycles. The highest BCUT2D eigenvalue weighted by Gasteiger charge is 2.25. The first-order chi connectivity index (χ1) is 14.7. The molecule has 3 aromatic rings. The Bertz CT molecular complexity index is 1110. The Morgan fingerprint density at radius 1 is 0.900 bits per heavy atom. The Balaban J connectivity index is 1.40. The first kappa shape index (κ1) is 19.1. The molecule has 0 amide bonds. The Morgan fingerprint density at radius 3 is 2.50 bits per heavy atom. The van der Waals surface area contributed by atoms with E-state index in [0.717, 1.165) is 60.2 Å². The number of aliphatic imine (C=N–C) groups is 1. The molecule has 0 saturated carbocycles. The molecule has 4 nitrogen and oxygen atoms in total. The predicted octanol–water partition coefficient (Wildman–Crippen LogP) is 5.43.